The van der Waals surface area contributed by atoms with Crippen LogP contribution >= 0.6 is 11.3 Å². The van der Waals surface area contributed by atoms with Crippen LogP contribution in [0.3, 0.4) is 0 Å². The van der Waals surface area contributed by atoms with Gasteiger partial charge < -0.3 is 14.6 Å². The lowest BCUT2D eigenvalue weighted by molar-refractivity contribution is -0.116. The molecule has 11 heteroatoms. The van der Waals surface area contributed by atoms with E-state index in [-0.39, 0.29) is 17.2 Å². The van der Waals surface area contributed by atoms with Crippen molar-refractivity contribution in [1.29, 1.82) is 0 Å². The molecule has 4 aromatic rings. The number of primary sulfonamides is 1. The number of anilines is 1. The molecule has 0 aliphatic heterocycles. The van der Waals surface area contributed by atoms with Crippen LogP contribution in [-0.4, -0.2) is 36.0 Å². The van der Waals surface area contributed by atoms with Gasteiger partial charge in [-0.05, 0) is 36.8 Å². The standard InChI is InChI=1S/C21H23N5O4S2/c1-3-11-26-15-8-7-13(32(22,28)29)12-14(15)23-18(26)9-10-19(27)24-21-25-20-16(30-2)5-4-6-17(20)31-21/h4-8,12H,3,9-11H2,1-2H3,(H2,22,28,29)(H,24,25,27). The fraction of sp³-hybridized carbons (Fsp3) is 0.286. The molecule has 0 spiro atoms. The summed E-state index contributed by atoms with van der Waals surface area (Å²) < 4.78 is 31.6. The first-order valence-corrected chi connectivity index (χ1v) is 12.4. The van der Waals surface area contributed by atoms with Crippen molar-refractivity contribution in [2.45, 2.75) is 37.6 Å². The number of sulfonamides is 1. The number of hydrogen-bond acceptors (Lipinski definition) is 7. The zero-order chi connectivity index (χ0) is 22.9. The van der Waals surface area contributed by atoms with Crippen molar-refractivity contribution in [3.63, 3.8) is 0 Å². The number of nitrogens with zero attached hydrogens (tertiary/aromatic N) is 3. The SMILES string of the molecule is CCCn1c(CCC(=O)Nc2nc3c(OC)cccc3s2)nc2cc(S(N)(=O)=O)ccc21. The Hall–Kier alpha value is -3.02. The minimum atomic E-state index is -3.81. The minimum absolute atomic E-state index is 0.0155. The van der Waals surface area contributed by atoms with Crippen molar-refractivity contribution >= 4 is 53.6 Å². The summed E-state index contributed by atoms with van der Waals surface area (Å²) in [6, 6.07) is 10.3. The molecule has 0 saturated heterocycles. The highest BCUT2D eigenvalue weighted by Crippen LogP contribution is 2.32. The number of thiazole rings is 1. The summed E-state index contributed by atoms with van der Waals surface area (Å²) in [5.41, 5.74) is 2.07. The fourth-order valence-electron chi connectivity index (χ4n) is 3.55. The third-order valence-corrected chi connectivity index (χ3v) is 6.85. The smallest absolute Gasteiger partial charge is 0.238 e. The van der Waals surface area contributed by atoms with E-state index in [0.717, 1.165) is 22.5 Å². The number of fused-ring (bicyclic) bond motifs is 2. The Morgan fingerprint density at radius 2 is 2.06 bits per heavy atom. The van der Waals surface area contributed by atoms with E-state index in [1.807, 2.05) is 29.7 Å². The van der Waals surface area contributed by atoms with Gasteiger partial charge >= 0.3 is 0 Å². The number of amides is 1. The van der Waals surface area contributed by atoms with Crippen LogP contribution in [0.5, 0.6) is 5.75 Å². The molecule has 0 aliphatic carbocycles. The monoisotopic (exact) mass is 473 g/mol. The Kier molecular flexibility index (Phi) is 6.13. The van der Waals surface area contributed by atoms with Gasteiger partial charge in [-0.15, -0.1) is 0 Å². The van der Waals surface area contributed by atoms with Crippen LogP contribution in [0.15, 0.2) is 41.3 Å². The number of nitrogens with two attached hydrogens (primary N) is 1. The van der Waals surface area contributed by atoms with Crippen molar-refractivity contribution in [3.05, 3.63) is 42.2 Å². The molecule has 9 nitrogen and oxygen atoms in total. The van der Waals surface area contributed by atoms with Crippen LogP contribution in [-0.2, 0) is 27.8 Å². The highest BCUT2D eigenvalue weighted by Gasteiger charge is 2.16. The summed E-state index contributed by atoms with van der Waals surface area (Å²) in [6.07, 6.45) is 1.48. The fourth-order valence-corrected chi connectivity index (χ4v) is 4.98. The van der Waals surface area contributed by atoms with Gasteiger partial charge in [0.1, 0.15) is 17.1 Å². The average Bonchev–Trinajstić information content (AvgIpc) is 3.32. The van der Waals surface area contributed by atoms with Crippen molar-refractivity contribution < 1.29 is 17.9 Å². The maximum Gasteiger partial charge on any atom is 0.238 e. The van der Waals surface area contributed by atoms with Crippen molar-refractivity contribution in [2.24, 2.45) is 5.14 Å². The van der Waals surface area contributed by atoms with Crippen LogP contribution in [0.2, 0.25) is 0 Å². The number of imidazole rings is 1. The number of nitrogens with one attached hydrogen (secondary N) is 1. The predicted octanol–water partition coefficient (Wildman–Crippen LogP) is 3.28. The third kappa shape index (κ3) is 4.45. The number of aromatic nitrogens is 3. The van der Waals surface area contributed by atoms with Crippen LogP contribution in [0.4, 0.5) is 5.13 Å². The maximum atomic E-state index is 12.6. The summed E-state index contributed by atoms with van der Waals surface area (Å²) in [5.74, 6) is 1.20. The van der Waals surface area contributed by atoms with E-state index in [9.17, 15) is 13.2 Å². The van der Waals surface area contributed by atoms with Crippen LogP contribution in [0.1, 0.15) is 25.6 Å². The van der Waals surface area contributed by atoms with Crippen molar-refractivity contribution in [3.8, 4) is 5.75 Å². The molecule has 2 aromatic heterocycles. The summed E-state index contributed by atoms with van der Waals surface area (Å²) in [5, 5.41) is 8.60. The van der Waals surface area contributed by atoms with Gasteiger partial charge in [-0.2, -0.15) is 0 Å². The van der Waals surface area contributed by atoms with E-state index in [1.54, 1.807) is 13.2 Å². The van der Waals surface area contributed by atoms with E-state index in [2.05, 4.69) is 15.3 Å². The largest absolute Gasteiger partial charge is 0.494 e. The number of methoxy groups -OCH3 is 1. The quantitative estimate of drug-likeness (QED) is 0.404. The van der Waals surface area contributed by atoms with Gasteiger partial charge in [-0.1, -0.05) is 24.3 Å². The number of benzene rings is 2. The summed E-state index contributed by atoms with van der Waals surface area (Å²) in [7, 11) is -2.23. The molecule has 0 atom stereocenters. The third-order valence-electron chi connectivity index (χ3n) is 5.00. The molecule has 4 rings (SSSR count). The zero-order valence-corrected chi connectivity index (χ0v) is 19.3. The Morgan fingerprint density at radius 1 is 1.25 bits per heavy atom. The molecule has 0 unspecified atom stereocenters. The second-order valence-corrected chi connectivity index (χ2v) is 9.84. The summed E-state index contributed by atoms with van der Waals surface area (Å²) in [6.45, 7) is 2.75. The number of hydrogen-bond donors (Lipinski definition) is 2. The second kappa shape index (κ2) is 8.85. The Labute approximate surface area is 189 Å². The highest BCUT2D eigenvalue weighted by atomic mass is 32.2. The number of rotatable bonds is 8. The summed E-state index contributed by atoms with van der Waals surface area (Å²) in [4.78, 5) is 21.6. The predicted molar refractivity (Wildman–Crippen MR) is 125 cm³/mol. The van der Waals surface area contributed by atoms with Crippen LogP contribution < -0.4 is 15.2 Å². The molecule has 0 radical (unpaired) electrons. The minimum Gasteiger partial charge on any atom is -0.494 e. The Balaban J connectivity index is 1.53. The second-order valence-electron chi connectivity index (χ2n) is 7.25. The van der Waals surface area contributed by atoms with E-state index in [4.69, 9.17) is 9.88 Å². The van der Waals surface area contributed by atoms with Gasteiger partial charge in [0.25, 0.3) is 0 Å². The molecule has 0 aliphatic rings. The lowest BCUT2D eigenvalue weighted by Crippen LogP contribution is -2.14. The summed E-state index contributed by atoms with van der Waals surface area (Å²) >= 11 is 1.38. The average molecular weight is 474 g/mol. The number of aryl methyl sites for hydroxylation is 2. The molecule has 1 amide bonds. The highest BCUT2D eigenvalue weighted by molar-refractivity contribution is 7.89. The van der Waals surface area contributed by atoms with Gasteiger partial charge in [0, 0.05) is 19.4 Å². The lowest BCUT2D eigenvalue weighted by Gasteiger charge is -2.08. The Bertz CT molecular complexity index is 1410. The zero-order valence-electron chi connectivity index (χ0n) is 17.7. The maximum absolute atomic E-state index is 12.6. The van der Waals surface area contributed by atoms with Gasteiger partial charge in [0.05, 0.1) is 27.7 Å². The molecule has 2 aromatic carbocycles. The van der Waals surface area contributed by atoms with Crippen LogP contribution in [0.25, 0.3) is 21.3 Å². The molecule has 3 N–H and O–H groups in total. The Morgan fingerprint density at radius 3 is 2.78 bits per heavy atom. The number of carbonyl (C=O) groups is 1. The molecular weight excluding hydrogens is 450 g/mol. The topological polar surface area (TPSA) is 129 Å². The molecule has 0 saturated carbocycles. The van der Waals surface area contributed by atoms with Crippen molar-refractivity contribution in [2.75, 3.05) is 12.4 Å². The van der Waals surface area contributed by atoms with Crippen molar-refractivity contribution in [1.82, 2.24) is 14.5 Å². The molecule has 2 heterocycles. The normalized spacial score (nSPS) is 11.8. The van der Waals surface area contributed by atoms with Gasteiger partial charge in [0.2, 0.25) is 15.9 Å². The lowest BCUT2D eigenvalue weighted by atomic mass is 10.2. The first-order valence-electron chi connectivity index (χ1n) is 10.1. The van der Waals surface area contributed by atoms with E-state index in [1.165, 1.54) is 23.5 Å². The number of ether oxygens (including phenoxy) is 1. The van der Waals surface area contributed by atoms with E-state index < -0.39 is 10.0 Å². The first-order chi connectivity index (χ1) is 15.3. The molecule has 168 valence electrons. The molecular formula is C21H23N5O4S2. The van der Waals surface area contributed by atoms with Crippen LogP contribution in [0, 0.1) is 0 Å². The van der Waals surface area contributed by atoms with Gasteiger partial charge in [-0.3, -0.25) is 4.79 Å². The number of carbonyl (C=O) groups excluding carboxylic acids is 1. The van der Waals surface area contributed by atoms with E-state index in [0.29, 0.717) is 34.9 Å². The molecule has 0 fully saturated rings. The number of para-hydroxylation sites is 1. The van der Waals surface area contributed by atoms with Gasteiger partial charge in [-0.25, -0.2) is 23.5 Å². The van der Waals surface area contributed by atoms with E-state index >= 15 is 0 Å². The molecule has 0 bridgehead atoms. The first kappa shape index (κ1) is 22.2. The van der Waals surface area contributed by atoms with Gasteiger partial charge in [0.15, 0.2) is 5.13 Å². The molecule has 32 heavy (non-hydrogen) atoms.